The minimum Gasteiger partial charge on any atom is -0.356 e. The van der Waals surface area contributed by atoms with Crippen LogP contribution in [-0.2, 0) is 29.1 Å². The molecular weight excluding hydrogens is 550 g/mol. The fraction of sp³-hybridized carbons (Fsp3) is 0.312. The Labute approximate surface area is 247 Å². The van der Waals surface area contributed by atoms with Gasteiger partial charge in [-0.3, -0.25) is 33.6 Å². The Balaban J connectivity index is 1.27. The molecule has 11 heteroatoms. The second kappa shape index (κ2) is 13.3. The summed E-state index contributed by atoms with van der Waals surface area (Å²) in [6.07, 6.45) is 3.47. The van der Waals surface area contributed by atoms with Gasteiger partial charge in [0.15, 0.2) is 0 Å². The quantitative estimate of drug-likeness (QED) is 0.214. The third-order valence-electron chi connectivity index (χ3n) is 8.02. The maximum absolute atomic E-state index is 13.6. The molecule has 222 valence electrons. The summed E-state index contributed by atoms with van der Waals surface area (Å²) in [6.45, 7) is 0.318. The van der Waals surface area contributed by atoms with Gasteiger partial charge in [0.2, 0.25) is 11.8 Å². The van der Waals surface area contributed by atoms with Gasteiger partial charge in [0.25, 0.3) is 11.2 Å². The number of amides is 2. The normalized spacial score (nSPS) is 16.5. The number of hydrogen-bond donors (Lipinski definition) is 2. The summed E-state index contributed by atoms with van der Waals surface area (Å²) in [4.78, 5) is 63.5. The number of carbonyl (C=O) groups excluding carboxylic acids is 2. The highest BCUT2D eigenvalue weighted by Crippen LogP contribution is 2.30. The van der Waals surface area contributed by atoms with Crippen LogP contribution in [0.25, 0.3) is 10.9 Å². The molecule has 1 aromatic heterocycles. The average Bonchev–Trinajstić information content (AvgIpc) is 3.02. The van der Waals surface area contributed by atoms with E-state index in [1.165, 1.54) is 27.3 Å². The summed E-state index contributed by atoms with van der Waals surface area (Å²) >= 11 is 0. The van der Waals surface area contributed by atoms with Crippen LogP contribution in [0.4, 0.5) is 11.4 Å². The fourth-order valence-electron chi connectivity index (χ4n) is 5.74. The highest BCUT2D eigenvalue weighted by atomic mass is 16.6. The molecular formula is C32H33N5O6. The summed E-state index contributed by atoms with van der Waals surface area (Å²) in [7, 11) is 0. The molecule has 1 aliphatic rings. The van der Waals surface area contributed by atoms with Crippen molar-refractivity contribution in [1.29, 1.82) is 0 Å². The molecule has 5 rings (SSSR count). The fourth-order valence-corrected chi connectivity index (χ4v) is 5.74. The van der Waals surface area contributed by atoms with E-state index < -0.39 is 28.6 Å². The van der Waals surface area contributed by atoms with Crippen molar-refractivity contribution in [2.24, 2.45) is 11.8 Å². The minimum absolute atomic E-state index is 0.0176. The van der Waals surface area contributed by atoms with Gasteiger partial charge in [-0.2, -0.15) is 0 Å². The first-order chi connectivity index (χ1) is 20.8. The Morgan fingerprint density at radius 3 is 2.28 bits per heavy atom. The topological polar surface area (TPSA) is 145 Å². The van der Waals surface area contributed by atoms with Gasteiger partial charge in [-0.1, -0.05) is 54.6 Å². The van der Waals surface area contributed by atoms with Crippen molar-refractivity contribution in [3.63, 3.8) is 0 Å². The molecule has 1 fully saturated rings. The van der Waals surface area contributed by atoms with E-state index in [1.807, 2.05) is 30.3 Å². The zero-order valence-corrected chi connectivity index (χ0v) is 23.6. The molecule has 1 saturated carbocycles. The summed E-state index contributed by atoms with van der Waals surface area (Å²) in [5, 5.41) is 17.2. The second-order valence-electron chi connectivity index (χ2n) is 10.9. The Bertz CT molecular complexity index is 1760. The number of benzene rings is 3. The SMILES string of the molecule is O=C(Cn1c(=O)n(CC2CCC(C(=O)NCCc3ccccc3)CC2)c(=O)c2ccccc21)Nc1ccccc1[N+](=O)[O-]. The maximum atomic E-state index is 13.6. The number of aromatic nitrogens is 2. The summed E-state index contributed by atoms with van der Waals surface area (Å²) < 4.78 is 2.40. The van der Waals surface area contributed by atoms with Crippen molar-refractivity contribution < 1.29 is 14.5 Å². The lowest BCUT2D eigenvalue weighted by molar-refractivity contribution is -0.383. The minimum atomic E-state index is -0.634. The van der Waals surface area contributed by atoms with Crippen LogP contribution in [-0.4, -0.2) is 32.4 Å². The number of nitro groups is 1. The molecule has 0 aliphatic heterocycles. The smallest absolute Gasteiger partial charge is 0.331 e. The summed E-state index contributed by atoms with van der Waals surface area (Å²) in [6, 6.07) is 22.3. The van der Waals surface area contributed by atoms with E-state index >= 15 is 0 Å². The van der Waals surface area contributed by atoms with E-state index in [0.717, 1.165) is 12.0 Å². The predicted molar refractivity (Wildman–Crippen MR) is 163 cm³/mol. The van der Waals surface area contributed by atoms with Crippen molar-refractivity contribution in [1.82, 2.24) is 14.5 Å². The lowest BCUT2D eigenvalue weighted by Gasteiger charge is -2.28. The van der Waals surface area contributed by atoms with Crippen LogP contribution >= 0.6 is 0 Å². The number of para-hydroxylation sites is 3. The Kier molecular flexibility index (Phi) is 9.09. The highest BCUT2D eigenvalue weighted by molar-refractivity contribution is 5.93. The largest absolute Gasteiger partial charge is 0.356 e. The maximum Gasteiger partial charge on any atom is 0.331 e. The van der Waals surface area contributed by atoms with E-state index in [-0.39, 0.29) is 35.7 Å². The second-order valence-corrected chi connectivity index (χ2v) is 10.9. The van der Waals surface area contributed by atoms with Crippen LogP contribution in [0, 0.1) is 22.0 Å². The Morgan fingerprint density at radius 2 is 1.53 bits per heavy atom. The summed E-state index contributed by atoms with van der Waals surface area (Å²) in [5.74, 6) is -0.688. The van der Waals surface area contributed by atoms with E-state index in [2.05, 4.69) is 10.6 Å². The van der Waals surface area contributed by atoms with E-state index in [4.69, 9.17) is 0 Å². The molecule has 0 unspecified atom stereocenters. The number of hydrogen-bond acceptors (Lipinski definition) is 6. The molecule has 0 radical (unpaired) electrons. The molecule has 3 aromatic carbocycles. The number of carbonyl (C=O) groups is 2. The molecule has 4 aromatic rings. The number of fused-ring (bicyclic) bond motifs is 1. The third-order valence-corrected chi connectivity index (χ3v) is 8.02. The van der Waals surface area contributed by atoms with Crippen molar-refractivity contribution in [2.45, 2.75) is 45.2 Å². The summed E-state index contributed by atoms with van der Waals surface area (Å²) in [5.41, 5.74) is 0.167. The first kappa shape index (κ1) is 29.4. The van der Waals surface area contributed by atoms with E-state index in [1.54, 1.807) is 30.3 Å². The molecule has 1 heterocycles. The van der Waals surface area contributed by atoms with Gasteiger partial charge >= 0.3 is 5.69 Å². The molecule has 0 atom stereocenters. The number of rotatable bonds is 10. The monoisotopic (exact) mass is 583 g/mol. The number of anilines is 1. The van der Waals surface area contributed by atoms with Crippen LogP contribution in [0.3, 0.4) is 0 Å². The van der Waals surface area contributed by atoms with Gasteiger partial charge in [0.05, 0.1) is 15.8 Å². The first-order valence-corrected chi connectivity index (χ1v) is 14.4. The van der Waals surface area contributed by atoms with Crippen molar-refractivity contribution in [2.75, 3.05) is 11.9 Å². The zero-order chi connectivity index (χ0) is 30.3. The van der Waals surface area contributed by atoms with Crippen LogP contribution in [0.1, 0.15) is 31.2 Å². The van der Waals surface area contributed by atoms with Gasteiger partial charge < -0.3 is 10.6 Å². The first-order valence-electron chi connectivity index (χ1n) is 14.4. The highest BCUT2D eigenvalue weighted by Gasteiger charge is 2.28. The number of nitrogens with one attached hydrogen (secondary N) is 2. The van der Waals surface area contributed by atoms with Gasteiger partial charge in [-0.05, 0) is 61.8 Å². The van der Waals surface area contributed by atoms with Gasteiger partial charge in [-0.25, -0.2) is 4.79 Å². The van der Waals surface area contributed by atoms with E-state index in [0.29, 0.717) is 43.1 Å². The van der Waals surface area contributed by atoms with Gasteiger partial charge in [-0.15, -0.1) is 0 Å². The van der Waals surface area contributed by atoms with E-state index in [9.17, 15) is 29.3 Å². The number of nitro benzene ring substituents is 1. The molecule has 2 N–H and O–H groups in total. The zero-order valence-electron chi connectivity index (χ0n) is 23.6. The van der Waals surface area contributed by atoms with Crippen LogP contribution in [0.15, 0.2) is 88.5 Å². The third kappa shape index (κ3) is 6.88. The molecule has 2 amide bonds. The average molecular weight is 584 g/mol. The Hall–Kier alpha value is -5.06. The molecule has 0 saturated heterocycles. The van der Waals surface area contributed by atoms with Crippen molar-refractivity contribution in [3.05, 3.63) is 115 Å². The lowest BCUT2D eigenvalue weighted by Crippen LogP contribution is -2.43. The van der Waals surface area contributed by atoms with Crippen molar-refractivity contribution in [3.8, 4) is 0 Å². The molecule has 43 heavy (non-hydrogen) atoms. The molecule has 1 aliphatic carbocycles. The molecule has 11 nitrogen and oxygen atoms in total. The predicted octanol–water partition coefficient (Wildman–Crippen LogP) is 3.88. The molecule has 0 bridgehead atoms. The number of nitrogens with zero attached hydrogens (tertiary/aromatic N) is 3. The van der Waals surface area contributed by atoms with Gasteiger partial charge in [0, 0.05) is 25.1 Å². The standard InChI is InChI=1S/C32H33N5O6/c38-29(34-26-11-5-7-13-28(26)37(42)43)21-35-27-12-6-4-10-25(27)31(40)36(32(35)41)20-23-14-16-24(17-15-23)30(39)33-19-18-22-8-2-1-3-9-22/h1-13,23-24H,14-21H2,(H,33,39)(H,34,38). The van der Waals surface area contributed by atoms with Crippen molar-refractivity contribution >= 4 is 34.1 Å². The van der Waals surface area contributed by atoms with Crippen LogP contribution < -0.4 is 21.9 Å². The molecule has 0 spiro atoms. The lowest BCUT2D eigenvalue weighted by atomic mass is 9.81. The van der Waals surface area contributed by atoms with Gasteiger partial charge in [0.1, 0.15) is 12.2 Å². The van der Waals surface area contributed by atoms with Crippen LogP contribution in [0.5, 0.6) is 0 Å². The van der Waals surface area contributed by atoms with Crippen LogP contribution in [0.2, 0.25) is 0 Å². The Morgan fingerprint density at radius 1 is 0.860 bits per heavy atom.